The number of methoxy groups -OCH3 is 1. The number of hydrogen-bond acceptors (Lipinski definition) is 8. The van der Waals surface area contributed by atoms with E-state index in [-0.39, 0.29) is 5.15 Å². The average molecular weight is 538 g/mol. The van der Waals surface area contributed by atoms with Gasteiger partial charge in [0.15, 0.2) is 10.7 Å². The number of tetrazole rings is 1. The Morgan fingerprint density at radius 1 is 1.21 bits per heavy atom. The lowest BCUT2D eigenvalue weighted by Crippen LogP contribution is -2.57. The number of unbranched alkanes of at least 4 members (excludes halogenated alkanes) is 1. The minimum Gasteiger partial charge on any atom is -0.467 e. The SMILES string of the molecule is CCCCc1nc(Cl)c(C(NC)(C(=O)OC)[C@H](C)O)n1Cc1ccc(-c2ccccc2-c2nn[nH]n2)cc1. The molecule has 0 aliphatic carbocycles. The fourth-order valence-electron chi connectivity index (χ4n) is 4.77. The van der Waals surface area contributed by atoms with Gasteiger partial charge in [-0.15, -0.1) is 10.2 Å². The number of hydrogen-bond donors (Lipinski definition) is 3. The number of aromatic amines is 1. The fraction of sp³-hybridized carbons (Fsp3) is 0.370. The lowest BCUT2D eigenvalue weighted by molar-refractivity contribution is -0.154. The second-order valence-corrected chi connectivity index (χ2v) is 9.42. The van der Waals surface area contributed by atoms with Gasteiger partial charge in [-0.05, 0) is 42.3 Å². The molecule has 0 spiro atoms. The summed E-state index contributed by atoms with van der Waals surface area (Å²) in [5.74, 6) is 0.614. The van der Waals surface area contributed by atoms with Crippen LogP contribution in [-0.2, 0) is 28.0 Å². The molecule has 2 aromatic carbocycles. The van der Waals surface area contributed by atoms with Crippen molar-refractivity contribution >= 4 is 17.6 Å². The van der Waals surface area contributed by atoms with E-state index in [4.69, 9.17) is 16.3 Å². The van der Waals surface area contributed by atoms with E-state index in [1.807, 2.05) is 53.1 Å². The van der Waals surface area contributed by atoms with E-state index in [0.717, 1.165) is 40.9 Å². The average Bonchev–Trinajstić information content (AvgIpc) is 3.57. The summed E-state index contributed by atoms with van der Waals surface area (Å²) in [5, 5.41) is 28.4. The van der Waals surface area contributed by atoms with Crippen molar-refractivity contribution in [1.29, 1.82) is 0 Å². The van der Waals surface area contributed by atoms with Crippen LogP contribution in [0.15, 0.2) is 48.5 Å². The van der Waals surface area contributed by atoms with Gasteiger partial charge >= 0.3 is 5.97 Å². The number of imidazole rings is 1. The Balaban J connectivity index is 1.76. The second-order valence-electron chi connectivity index (χ2n) is 9.06. The Bertz CT molecular complexity index is 1370. The molecule has 0 aliphatic rings. The number of likely N-dealkylation sites (N-methyl/N-ethyl adjacent to an activating group) is 1. The van der Waals surface area contributed by atoms with E-state index in [2.05, 4.69) is 37.8 Å². The Kier molecular flexibility index (Phi) is 8.55. The van der Waals surface area contributed by atoms with E-state index < -0.39 is 17.6 Å². The number of aliphatic hydroxyl groups is 1. The first-order valence-corrected chi connectivity index (χ1v) is 12.9. The van der Waals surface area contributed by atoms with Crippen LogP contribution in [0.3, 0.4) is 0 Å². The van der Waals surface area contributed by atoms with Crippen LogP contribution >= 0.6 is 11.6 Å². The molecule has 0 fully saturated rings. The van der Waals surface area contributed by atoms with Gasteiger partial charge in [0.25, 0.3) is 0 Å². The van der Waals surface area contributed by atoms with Gasteiger partial charge in [0.1, 0.15) is 5.82 Å². The van der Waals surface area contributed by atoms with E-state index in [1.54, 1.807) is 7.05 Å². The summed E-state index contributed by atoms with van der Waals surface area (Å²) in [6.07, 6.45) is 1.40. The molecule has 11 heteroatoms. The van der Waals surface area contributed by atoms with Gasteiger partial charge in [-0.25, -0.2) is 9.78 Å². The third kappa shape index (κ3) is 5.07. The standard InChI is InChI=1S/C27H32ClN7O3/c1-5-6-11-22-30-24(28)23(27(29-3,17(2)36)26(37)38-4)35(22)16-18-12-14-19(15-13-18)20-9-7-8-10-21(20)25-31-33-34-32-25/h7-10,12-15,17,29,36H,5-6,11,16H2,1-4H3,(H,31,32,33,34)/t17-,27?/m0/s1. The molecule has 3 N–H and O–H groups in total. The molecular formula is C27H32ClN7O3. The van der Waals surface area contributed by atoms with Gasteiger partial charge in [-0.1, -0.05) is 73.5 Å². The summed E-state index contributed by atoms with van der Waals surface area (Å²) in [6.45, 7) is 4.03. The number of aromatic nitrogens is 6. The smallest absolute Gasteiger partial charge is 0.335 e. The Labute approximate surface area is 226 Å². The van der Waals surface area contributed by atoms with Crippen LogP contribution in [-0.4, -0.2) is 61.5 Å². The second kappa shape index (κ2) is 11.8. The van der Waals surface area contributed by atoms with Gasteiger partial charge in [-0.3, -0.25) is 5.32 Å². The molecule has 4 rings (SSSR count). The van der Waals surface area contributed by atoms with E-state index in [1.165, 1.54) is 14.0 Å². The Morgan fingerprint density at radius 2 is 1.92 bits per heavy atom. The van der Waals surface area contributed by atoms with Crippen LogP contribution in [0.25, 0.3) is 22.5 Å². The summed E-state index contributed by atoms with van der Waals surface area (Å²) in [7, 11) is 2.88. The first-order valence-electron chi connectivity index (χ1n) is 12.5. The molecule has 0 saturated carbocycles. The number of carbonyl (C=O) groups is 1. The van der Waals surface area contributed by atoms with E-state index >= 15 is 0 Å². The number of rotatable bonds is 11. The molecular weight excluding hydrogens is 506 g/mol. The lowest BCUT2D eigenvalue weighted by atomic mass is 9.89. The molecule has 4 aromatic rings. The highest BCUT2D eigenvalue weighted by atomic mass is 35.5. The van der Waals surface area contributed by atoms with E-state index in [9.17, 15) is 9.90 Å². The molecule has 2 aromatic heterocycles. The van der Waals surface area contributed by atoms with E-state index in [0.29, 0.717) is 24.5 Å². The monoisotopic (exact) mass is 537 g/mol. The molecule has 0 bridgehead atoms. The number of aryl methyl sites for hydroxylation is 1. The molecule has 38 heavy (non-hydrogen) atoms. The largest absolute Gasteiger partial charge is 0.467 e. The Hall–Kier alpha value is -3.60. The number of ether oxygens (including phenoxy) is 1. The molecule has 0 amide bonds. The van der Waals surface area contributed by atoms with Crippen molar-refractivity contribution in [3.63, 3.8) is 0 Å². The molecule has 0 saturated heterocycles. The number of esters is 1. The number of H-pyrrole nitrogens is 1. The third-order valence-corrected chi connectivity index (χ3v) is 7.04. The minimum atomic E-state index is -1.59. The first kappa shape index (κ1) is 27.4. The van der Waals surface area contributed by atoms with Crippen molar-refractivity contribution in [1.82, 2.24) is 35.5 Å². The molecule has 1 unspecified atom stereocenters. The number of benzene rings is 2. The minimum absolute atomic E-state index is 0.155. The van der Waals surface area contributed by atoms with Crippen molar-refractivity contribution in [3.05, 3.63) is 70.8 Å². The maximum atomic E-state index is 13.1. The molecule has 0 aliphatic heterocycles. The highest BCUT2D eigenvalue weighted by Crippen LogP contribution is 2.35. The van der Waals surface area contributed by atoms with Crippen LogP contribution in [0, 0.1) is 0 Å². The van der Waals surface area contributed by atoms with Crippen molar-refractivity contribution in [3.8, 4) is 22.5 Å². The van der Waals surface area contributed by atoms with Gasteiger partial charge in [0.05, 0.1) is 18.9 Å². The Morgan fingerprint density at radius 3 is 2.50 bits per heavy atom. The summed E-state index contributed by atoms with van der Waals surface area (Å²) >= 11 is 6.66. The summed E-state index contributed by atoms with van der Waals surface area (Å²) < 4.78 is 7.02. The lowest BCUT2D eigenvalue weighted by Gasteiger charge is -2.34. The predicted octanol–water partition coefficient (Wildman–Crippen LogP) is 3.74. The molecule has 2 atom stereocenters. The highest BCUT2D eigenvalue weighted by Gasteiger charge is 2.49. The van der Waals surface area contributed by atoms with Crippen molar-refractivity contribution in [2.75, 3.05) is 14.2 Å². The molecule has 10 nitrogen and oxygen atoms in total. The third-order valence-electron chi connectivity index (χ3n) is 6.78. The normalized spacial score (nSPS) is 13.7. The van der Waals surface area contributed by atoms with Gasteiger partial charge in [-0.2, -0.15) is 5.21 Å². The van der Waals surface area contributed by atoms with Crippen LogP contribution < -0.4 is 5.32 Å². The molecule has 0 radical (unpaired) electrons. The zero-order chi connectivity index (χ0) is 27.3. The van der Waals surface area contributed by atoms with Crippen molar-refractivity contribution in [2.24, 2.45) is 0 Å². The van der Waals surface area contributed by atoms with Crippen LogP contribution in [0.4, 0.5) is 0 Å². The quantitative estimate of drug-likeness (QED) is 0.247. The first-order chi connectivity index (χ1) is 18.4. The van der Waals surface area contributed by atoms with Crippen LogP contribution in [0.1, 0.15) is 43.8 Å². The number of aliphatic hydroxyl groups excluding tert-OH is 1. The molecule has 2 heterocycles. The summed E-state index contributed by atoms with van der Waals surface area (Å²) in [5.41, 5.74) is 2.60. The van der Waals surface area contributed by atoms with Gasteiger partial charge < -0.3 is 14.4 Å². The topological polar surface area (TPSA) is 131 Å². The zero-order valence-electron chi connectivity index (χ0n) is 21.9. The highest BCUT2D eigenvalue weighted by molar-refractivity contribution is 6.30. The van der Waals surface area contributed by atoms with Crippen LogP contribution in [0.5, 0.6) is 0 Å². The predicted molar refractivity (Wildman–Crippen MR) is 144 cm³/mol. The van der Waals surface area contributed by atoms with Crippen molar-refractivity contribution in [2.45, 2.75) is 51.3 Å². The number of nitrogens with one attached hydrogen (secondary N) is 2. The fourth-order valence-corrected chi connectivity index (χ4v) is 5.12. The summed E-state index contributed by atoms with van der Waals surface area (Å²) in [4.78, 5) is 17.7. The van der Waals surface area contributed by atoms with Crippen LogP contribution in [0.2, 0.25) is 5.15 Å². The van der Waals surface area contributed by atoms with Gasteiger partial charge in [0, 0.05) is 18.5 Å². The van der Waals surface area contributed by atoms with Gasteiger partial charge in [0.2, 0.25) is 5.82 Å². The number of carbonyl (C=O) groups excluding carboxylic acids is 1. The summed E-state index contributed by atoms with van der Waals surface area (Å²) in [6, 6.07) is 16.0. The van der Waals surface area contributed by atoms with Crippen molar-refractivity contribution < 1.29 is 14.6 Å². The number of nitrogens with zero attached hydrogens (tertiary/aromatic N) is 5. The molecule has 200 valence electrons. The number of halogens is 1. The maximum Gasteiger partial charge on any atom is 0.335 e. The zero-order valence-corrected chi connectivity index (χ0v) is 22.7. The maximum absolute atomic E-state index is 13.1.